The van der Waals surface area contributed by atoms with Crippen molar-refractivity contribution < 1.29 is 9.53 Å². The van der Waals surface area contributed by atoms with Gasteiger partial charge in [0.1, 0.15) is 0 Å². The van der Waals surface area contributed by atoms with Crippen LogP contribution in [-0.4, -0.2) is 55.7 Å². The molecule has 94 valence electrons. The van der Waals surface area contributed by atoms with Crippen LogP contribution in [0.25, 0.3) is 0 Å². The Bertz CT molecular complexity index is 243. The van der Waals surface area contributed by atoms with Gasteiger partial charge in [-0.3, -0.25) is 9.69 Å². The van der Waals surface area contributed by atoms with E-state index in [1.54, 1.807) is 7.05 Å². The molecule has 3 N–H and O–H groups in total. The van der Waals surface area contributed by atoms with E-state index in [1.165, 1.54) is 0 Å². The smallest absolute Gasteiger partial charge is 0.221 e. The van der Waals surface area contributed by atoms with Gasteiger partial charge in [-0.05, 0) is 13.8 Å². The molecule has 0 aromatic rings. The van der Waals surface area contributed by atoms with E-state index in [-0.39, 0.29) is 17.6 Å². The van der Waals surface area contributed by atoms with Crippen LogP contribution in [0.3, 0.4) is 0 Å². The lowest BCUT2D eigenvalue weighted by Gasteiger charge is -2.42. The molecule has 0 aromatic heterocycles. The van der Waals surface area contributed by atoms with Gasteiger partial charge in [0, 0.05) is 39.6 Å². The van der Waals surface area contributed by atoms with Crippen molar-refractivity contribution in [2.45, 2.75) is 32.0 Å². The Morgan fingerprint density at radius 1 is 1.62 bits per heavy atom. The van der Waals surface area contributed by atoms with Gasteiger partial charge in [0.15, 0.2) is 0 Å². The SMILES string of the molecule is CNC(=O)CCN1CC(CN)OC(C)(C)C1. The molecule has 0 saturated carbocycles. The molecule has 1 heterocycles. The molecule has 0 aliphatic carbocycles. The van der Waals surface area contributed by atoms with Crippen LogP contribution in [0.4, 0.5) is 0 Å². The second-order valence-corrected chi connectivity index (χ2v) is 4.89. The molecule has 5 heteroatoms. The lowest BCUT2D eigenvalue weighted by atomic mass is 10.0. The van der Waals surface area contributed by atoms with Gasteiger partial charge in [-0.2, -0.15) is 0 Å². The number of rotatable bonds is 4. The minimum Gasteiger partial charge on any atom is -0.368 e. The van der Waals surface area contributed by atoms with E-state index in [0.717, 1.165) is 19.6 Å². The van der Waals surface area contributed by atoms with E-state index < -0.39 is 0 Å². The maximum Gasteiger partial charge on any atom is 0.221 e. The molecule has 1 atom stereocenters. The molecule has 0 spiro atoms. The average molecular weight is 229 g/mol. The molecule has 1 aliphatic rings. The van der Waals surface area contributed by atoms with Gasteiger partial charge < -0.3 is 15.8 Å². The summed E-state index contributed by atoms with van der Waals surface area (Å²) >= 11 is 0. The quantitative estimate of drug-likeness (QED) is 0.686. The topological polar surface area (TPSA) is 67.6 Å². The van der Waals surface area contributed by atoms with Gasteiger partial charge in [0.05, 0.1) is 11.7 Å². The molecule has 5 nitrogen and oxygen atoms in total. The summed E-state index contributed by atoms with van der Waals surface area (Å²) in [4.78, 5) is 13.4. The second-order valence-electron chi connectivity index (χ2n) is 4.89. The van der Waals surface area contributed by atoms with Gasteiger partial charge in [-0.1, -0.05) is 0 Å². The fourth-order valence-electron chi connectivity index (χ4n) is 2.09. The zero-order valence-corrected chi connectivity index (χ0v) is 10.5. The lowest BCUT2D eigenvalue weighted by Crippen LogP contribution is -2.55. The van der Waals surface area contributed by atoms with Crippen molar-refractivity contribution in [2.24, 2.45) is 5.73 Å². The summed E-state index contributed by atoms with van der Waals surface area (Å²) in [5, 5.41) is 2.63. The molecule has 1 fully saturated rings. The number of morpholine rings is 1. The Balaban J connectivity index is 2.44. The standard InChI is InChI=1S/C11H23N3O2/c1-11(2)8-14(5-4-10(15)13-3)7-9(6-12)16-11/h9H,4-8,12H2,1-3H3,(H,13,15). The maximum atomic E-state index is 11.2. The number of nitrogens with one attached hydrogen (secondary N) is 1. The number of nitrogens with two attached hydrogens (primary N) is 1. The Hall–Kier alpha value is -0.650. The first-order valence-electron chi connectivity index (χ1n) is 5.77. The van der Waals surface area contributed by atoms with Crippen LogP contribution in [-0.2, 0) is 9.53 Å². The minimum atomic E-state index is -0.176. The highest BCUT2D eigenvalue weighted by molar-refractivity contribution is 5.75. The first-order valence-corrected chi connectivity index (χ1v) is 5.77. The Labute approximate surface area is 97.3 Å². The van der Waals surface area contributed by atoms with E-state index in [2.05, 4.69) is 24.1 Å². The zero-order valence-electron chi connectivity index (χ0n) is 10.5. The van der Waals surface area contributed by atoms with E-state index in [0.29, 0.717) is 13.0 Å². The number of carbonyl (C=O) groups excluding carboxylic acids is 1. The lowest BCUT2D eigenvalue weighted by molar-refractivity contribution is -0.135. The third-order valence-electron chi connectivity index (χ3n) is 2.75. The number of hydrogen-bond acceptors (Lipinski definition) is 4. The fourth-order valence-corrected chi connectivity index (χ4v) is 2.09. The van der Waals surface area contributed by atoms with Crippen molar-refractivity contribution in [1.82, 2.24) is 10.2 Å². The molecule has 1 rings (SSSR count). The Morgan fingerprint density at radius 2 is 2.31 bits per heavy atom. The van der Waals surface area contributed by atoms with Crippen molar-refractivity contribution in [2.75, 3.05) is 33.2 Å². The number of hydrogen-bond donors (Lipinski definition) is 2. The predicted octanol–water partition coefficient (Wildman–Crippen LogP) is -0.439. The zero-order chi connectivity index (χ0) is 12.2. The van der Waals surface area contributed by atoms with Crippen molar-refractivity contribution in [3.63, 3.8) is 0 Å². The fraction of sp³-hybridized carbons (Fsp3) is 0.909. The average Bonchev–Trinajstić information content (AvgIpc) is 2.23. The van der Waals surface area contributed by atoms with Crippen molar-refractivity contribution in [3.8, 4) is 0 Å². The highest BCUT2D eigenvalue weighted by Crippen LogP contribution is 2.20. The first-order chi connectivity index (χ1) is 7.46. The van der Waals surface area contributed by atoms with E-state index in [4.69, 9.17) is 10.5 Å². The predicted molar refractivity (Wildman–Crippen MR) is 63.1 cm³/mol. The van der Waals surface area contributed by atoms with Crippen LogP contribution in [0.2, 0.25) is 0 Å². The summed E-state index contributed by atoms with van der Waals surface area (Å²) in [6.45, 7) is 7.07. The summed E-state index contributed by atoms with van der Waals surface area (Å²) in [5.74, 6) is 0.0774. The van der Waals surface area contributed by atoms with Crippen molar-refractivity contribution in [1.29, 1.82) is 0 Å². The molecule has 1 aliphatic heterocycles. The number of ether oxygens (including phenoxy) is 1. The van der Waals surface area contributed by atoms with Crippen LogP contribution in [0.1, 0.15) is 20.3 Å². The van der Waals surface area contributed by atoms with E-state index in [9.17, 15) is 4.79 Å². The van der Waals surface area contributed by atoms with Gasteiger partial charge in [0.25, 0.3) is 0 Å². The first kappa shape index (κ1) is 13.4. The van der Waals surface area contributed by atoms with Gasteiger partial charge in [-0.15, -0.1) is 0 Å². The molecule has 1 saturated heterocycles. The summed E-state index contributed by atoms with van der Waals surface area (Å²) in [5.41, 5.74) is 5.46. The summed E-state index contributed by atoms with van der Waals surface area (Å²) in [7, 11) is 1.66. The molecular weight excluding hydrogens is 206 g/mol. The van der Waals surface area contributed by atoms with E-state index >= 15 is 0 Å². The van der Waals surface area contributed by atoms with Gasteiger partial charge in [0.2, 0.25) is 5.91 Å². The third kappa shape index (κ3) is 4.08. The largest absolute Gasteiger partial charge is 0.368 e. The van der Waals surface area contributed by atoms with Crippen LogP contribution < -0.4 is 11.1 Å². The highest BCUT2D eigenvalue weighted by atomic mass is 16.5. The van der Waals surface area contributed by atoms with Crippen LogP contribution in [0.5, 0.6) is 0 Å². The molecule has 1 unspecified atom stereocenters. The Morgan fingerprint density at radius 3 is 2.88 bits per heavy atom. The summed E-state index contributed by atoms with van der Waals surface area (Å²) < 4.78 is 5.82. The maximum absolute atomic E-state index is 11.2. The minimum absolute atomic E-state index is 0.0773. The van der Waals surface area contributed by atoms with Crippen molar-refractivity contribution >= 4 is 5.91 Å². The van der Waals surface area contributed by atoms with Crippen molar-refractivity contribution in [3.05, 3.63) is 0 Å². The molecular formula is C11H23N3O2. The van der Waals surface area contributed by atoms with Crippen LogP contribution in [0, 0.1) is 0 Å². The van der Waals surface area contributed by atoms with E-state index in [1.807, 2.05) is 0 Å². The molecule has 1 amide bonds. The van der Waals surface area contributed by atoms with Crippen LogP contribution >= 0.6 is 0 Å². The van der Waals surface area contributed by atoms with Gasteiger partial charge >= 0.3 is 0 Å². The normalized spacial score (nSPS) is 25.4. The number of carbonyl (C=O) groups is 1. The number of amides is 1. The number of nitrogens with zero attached hydrogens (tertiary/aromatic N) is 1. The van der Waals surface area contributed by atoms with Gasteiger partial charge in [-0.25, -0.2) is 0 Å². The third-order valence-corrected chi connectivity index (χ3v) is 2.75. The molecule has 16 heavy (non-hydrogen) atoms. The highest BCUT2D eigenvalue weighted by Gasteiger charge is 2.32. The monoisotopic (exact) mass is 229 g/mol. The molecule has 0 radical (unpaired) electrons. The second kappa shape index (κ2) is 5.61. The summed E-state index contributed by atoms with van der Waals surface area (Å²) in [6.07, 6.45) is 0.609. The molecule has 0 aromatic carbocycles. The van der Waals surface area contributed by atoms with Crippen LogP contribution in [0.15, 0.2) is 0 Å². The summed E-state index contributed by atoms with van der Waals surface area (Å²) in [6, 6.07) is 0. The Kier molecular flexibility index (Phi) is 4.70. The molecule has 0 bridgehead atoms.